The molecule has 3 atom stereocenters. The maximum absolute atomic E-state index is 10.3. The van der Waals surface area contributed by atoms with Gasteiger partial charge in [-0.3, -0.25) is 0 Å². The van der Waals surface area contributed by atoms with Crippen LogP contribution in [0.5, 0.6) is 0 Å². The third-order valence-electron chi connectivity index (χ3n) is 4.52. The Morgan fingerprint density at radius 2 is 2.26 bits per heavy atom. The van der Waals surface area contributed by atoms with Gasteiger partial charge in [0.1, 0.15) is 24.0 Å². The van der Waals surface area contributed by atoms with Gasteiger partial charge >= 0.3 is 0 Å². The maximum atomic E-state index is 10.3. The first-order chi connectivity index (χ1) is 11.1. The van der Waals surface area contributed by atoms with Crippen LogP contribution in [0.25, 0.3) is 0 Å². The van der Waals surface area contributed by atoms with E-state index in [2.05, 4.69) is 26.6 Å². The molecular formula is C16H20N6O. The van der Waals surface area contributed by atoms with E-state index in [-0.39, 0.29) is 17.9 Å². The van der Waals surface area contributed by atoms with E-state index in [0.717, 1.165) is 18.1 Å². The van der Waals surface area contributed by atoms with Crippen molar-refractivity contribution >= 4 is 5.82 Å². The second kappa shape index (κ2) is 6.34. The van der Waals surface area contributed by atoms with Gasteiger partial charge in [0.2, 0.25) is 0 Å². The fourth-order valence-electron chi connectivity index (χ4n) is 3.21. The van der Waals surface area contributed by atoms with Crippen molar-refractivity contribution in [1.29, 1.82) is 5.26 Å². The molecule has 0 radical (unpaired) electrons. The number of aliphatic hydroxyl groups excluding tert-OH is 1. The molecule has 23 heavy (non-hydrogen) atoms. The molecule has 3 rings (SSSR count). The summed E-state index contributed by atoms with van der Waals surface area (Å²) in [5.74, 6) is 2.05. The molecule has 2 heterocycles. The Morgan fingerprint density at radius 3 is 2.91 bits per heavy atom. The maximum Gasteiger partial charge on any atom is 0.135 e. The van der Waals surface area contributed by atoms with Crippen LogP contribution >= 0.6 is 0 Å². The van der Waals surface area contributed by atoms with Gasteiger partial charge in [-0.1, -0.05) is 0 Å². The van der Waals surface area contributed by atoms with Crippen molar-refractivity contribution in [1.82, 2.24) is 19.7 Å². The van der Waals surface area contributed by atoms with Gasteiger partial charge in [0.15, 0.2) is 0 Å². The fraction of sp³-hybridized carbons (Fsp3) is 0.500. The van der Waals surface area contributed by atoms with Crippen LogP contribution in [-0.2, 0) is 7.05 Å². The lowest BCUT2D eigenvalue weighted by Gasteiger charge is -2.15. The van der Waals surface area contributed by atoms with Crippen LogP contribution in [0.15, 0.2) is 18.5 Å². The lowest BCUT2D eigenvalue weighted by molar-refractivity contribution is 0.137. The van der Waals surface area contributed by atoms with Gasteiger partial charge in [0.05, 0.1) is 17.4 Å². The van der Waals surface area contributed by atoms with Crippen LogP contribution in [0.4, 0.5) is 5.82 Å². The number of hydrogen-bond donors (Lipinski definition) is 2. The van der Waals surface area contributed by atoms with Crippen LogP contribution in [0.1, 0.15) is 35.8 Å². The predicted octanol–water partition coefficient (Wildman–Crippen LogP) is 1.36. The van der Waals surface area contributed by atoms with E-state index in [1.54, 1.807) is 18.5 Å². The van der Waals surface area contributed by atoms with E-state index in [1.807, 2.05) is 18.5 Å². The molecule has 0 spiro atoms. The number of rotatable bonds is 4. The Bertz CT molecular complexity index is 734. The monoisotopic (exact) mass is 312 g/mol. The lowest BCUT2D eigenvalue weighted by atomic mass is 10.0. The first kappa shape index (κ1) is 15.4. The summed E-state index contributed by atoms with van der Waals surface area (Å²) in [6.45, 7) is 2.46. The Balaban J connectivity index is 1.62. The summed E-state index contributed by atoms with van der Waals surface area (Å²) >= 11 is 0. The molecule has 120 valence electrons. The number of nitrogens with one attached hydrogen (secondary N) is 1. The number of aryl methyl sites for hydroxylation is 2. The Hall–Kier alpha value is -2.46. The normalized spacial score (nSPS) is 23.7. The van der Waals surface area contributed by atoms with Crippen molar-refractivity contribution < 1.29 is 5.11 Å². The van der Waals surface area contributed by atoms with Crippen molar-refractivity contribution in [2.75, 3.05) is 11.9 Å². The van der Waals surface area contributed by atoms with Crippen molar-refractivity contribution in [2.24, 2.45) is 13.0 Å². The zero-order valence-corrected chi connectivity index (χ0v) is 13.3. The summed E-state index contributed by atoms with van der Waals surface area (Å²) in [4.78, 5) is 4.37. The smallest absolute Gasteiger partial charge is 0.135 e. The fourth-order valence-corrected chi connectivity index (χ4v) is 3.21. The van der Waals surface area contributed by atoms with Crippen LogP contribution in [0.3, 0.4) is 0 Å². The van der Waals surface area contributed by atoms with Crippen molar-refractivity contribution in [3.63, 3.8) is 0 Å². The molecule has 1 saturated carbocycles. The molecule has 1 aliphatic rings. The van der Waals surface area contributed by atoms with Crippen LogP contribution in [-0.4, -0.2) is 37.5 Å². The van der Waals surface area contributed by atoms with Gasteiger partial charge < -0.3 is 15.0 Å². The van der Waals surface area contributed by atoms with E-state index >= 15 is 0 Å². The predicted molar refractivity (Wildman–Crippen MR) is 84.7 cm³/mol. The highest BCUT2D eigenvalue weighted by Gasteiger charge is 2.35. The number of aliphatic hydroxyl groups is 1. The molecular weight excluding hydrogens is 292 g/mol. The molecule has 7 nitrogen and oxygen atoms in total. The summed E-state index contributed by atoms with van der Waals surface area (Å²) in [5, 5.41) is 30.6. The molecule has 0 saturated heterocycles. The highest BCUT2D eigenvalue weighted by atomic mass is 16.3. The first-order valence-corrected chi connectivity index (χ1v) is 7.72. The van der Waals surface area contributed by atoms with Gasteiger partial charge in [-0.05, 0) is 31.9 Å². The molecule has 0 aromatic carbocycles. The number of nitrogens with zero attached hydrogens (tertiary/aromatic N) is 5. The van der Waals surface area contributed by atoms with Gasteiger partial charge in [-0.2, -0.15) is 5.26 Å². The minimum atomic E-state index is -0.358. The van der Waals surface area contributed by atoms with Crippen molar-refractivity contribution in [3.8, 4) is 6.07 Å². The van der Waals surface area contributed by atoms with E-state index in [9.17, 15) is 5.11 Å². The Kier molecular flexibility index (Phi) is 4.26. The van der Waals surface area contributed by atoms with E-state index in [0.29, 0.717) is 24.2 Å². The van der Waals surface area contributed by atoms with Crippen LogP contribution in [0.2, 0.25) is 0 Å². The first-order valence-electron chi connectivity index (χ1n) is 7.72. The van der Waals surface area contributed by atoms with E-state index in [1.165, 1.54) is 0 Å². The molecule has 2 aromatic heterocycles. The molecule has 0 amide bonds. The second-order valence-electron chi connectivity index (χ2n) is 6.12. The average molecular weight is 312 g/mol. The zero-order valence-electron chi connectivity index (χ0n) is 13.3. The minimum Gasteiger partial charge on any atom is -0.393 e. The molecule has 1 fully saturated rings. The SMILES string of the molecule is Cc1nc(NC[C@H]2C[C@H](c3nncn3C)C[C@H]2O)ccc1C#N. The van der Waals surface area contributed by atoms with Gasteiger partial charge in [-0.25, -0.2) is 4.98 Å². The summed E-state index contributed by atoms with van der Waals surface area (Å²) in [6, 6.07) is 5.67. The molecule has 2 aromatic rings. The molecule has 2 N–H and O–H groups in total. The summed E-state index contributed by atoms with van der Waals surface area (Å²) in [5.41, 5.74) is 1.29. The Morgan fingerprint density at radius 1 is 1.43 bits per heavy atom. The van der Waals surface area contributed by atoms with Crippen LogP contribution in [0, 0.1) is 24.2 Å². The third-order valence-corrected chi connectivity index (χ3v) is 4.52. The standard InChI is InChI=1S/C16H20N6O/c1-10-11(7-17)3-4-15(20-10)18-8-13-5-12(6-14(13)23)16-21-19-9-22(16)2/h3-4,9,12-14,23H,5-6,8H2,1-2H3,(H,18,20)/t12-,13+,14+/m0/s1. The number of aromatic nitrogens is 4. The quantitative estimate of drug-likeness (QED) is 0.884. The molecule has 0 unspecified atom stereocenters. The molecule has 7 heteroatoms. The number of anilines is 1. The van der Waals surface area contributed by atoms with Crippen molar-refractivity contribution in [2.45, 2.75) is 31.8 Å². The number of nitriles is 1. The summed E-state index contributed by atoms with van der Waals surface area (Å²) < 4.78 is 1.92. The zero-order chi connectivity index (χ0) is 16.4. The number of pyridine rings is 1. The van der Waals surface area contributed by atoms with Gasteiger partial charge in [-0.15, -0.1) is 10.2 Å². The molecule has 0 aliphatic heterocycles. The molecule has 1 aliphatic carbocycles. The van der Waals surface area contributed by atoms with Crippen LogP contribution < -0.4 is 5.32 Å². The minimum absolute atomic E-state index is 0.148. The topological polar surface area (TPSA) is 99.7 Å². The lowest BCUT2D eigenvalue weighted by Crippen LogP contribution is -2.22. The average Bonchev–Trinajstić information content (AvgIpc) is 3.11. The van der Waals surface area contributed by atoms with E-state index < -0.39 is 0 Å². The van der Waals surface area contributed by atoms with Gasteiger partial charge in [0.25, 0.3) is 0 Å². The van der Waals surface area contributed by atoms with Gasteiger partial charge in [0, 0.05) is 25.4 Å². The number of hydrogen-bond acceptors (Lipinski definition) is 6. The van der Waals surface area contributed by atoms with Crippen molar-refractivity contribution in [3.05, 3.63) is 35.5 Å². The highest BCUT2D eigenvalue weighted by Crippen LogP contribution is 2.37. The summed E-state index contributed by atoms with van der Waals surface area (Å²) in [6.07, 6.45) is 2.91. The van der Waals surface area contributed by atoms with E-state index in [4.69, 9.17) is 5.26 Å². The molecule has 0 bridgehead atoms. The largest absolute Gasteiger partial charge is 0.393 e. The Labute approximate surface area is 135 Å². The highest BCUT2D eigenvalue weighted by molar-refractivity contribution is 5.43. The summed E-state index contributed by atoms with van der Waals surface area (Å²) in [7, 11) is 1.93. The second-order valence-corrected chi connectivity index (χ2v) is 6.12. The third kappa shape index (κ3) is 3.17.